The third-order valence-electron chi connectivity index (χ3n) is 3.71. The van der Waals surface area contributed by atoms with Crippen molar-refractivity contribution in [3.63, 3.8) is 0 Å². The zero-order valence-corrected chi connectivity index (χ0v) is 11.2. The second kappa shape index (κ2) is 9.00. The summed E-state index contributed by atoms with van der Waals surface area (Å²) in [5.41, 5.74) is 0. The van der Waals surface area contributed by atoms with Crippen molar-refractivity contribution in [1.29, 1.82) is 0 Å². The van der Waals surface area contributed by atoms with E-state index in [0.29, 0.717) is 6.04 Å². The summed E-state index contributed by atoms with van der Waals surface area (Å²) in [6.45, 7) is 7.80. The summed E-state index contributed by atoms with van der Waals surface area (Å²) < 4.78 is 0. The van der Waals surface area contributed by atoms with E-state index in [1.165, 1.54) is 51.5 Å². The van der Waals surface area contributed by atoms with Gasteiger partial charge in [-0.3, -0.25) is 0 Å². The molecule has 16 heavy (non-hydrogen) atoms. The molecule has 0 aromatic carbocycles. The zero-order chi connectivity index (χ0) is 11.6. The van der Waals surface area contributed by atoms with Crippen molar-refractivity contribution >= 4 is 0 Å². The lowest BCUT2D eigenvalue weighted by Crippen LogP contribution is -2.36. The van der Waals surface area contributed by atoms with E-state index in [9.17, 15) is 0 Å². The Labute approximate surface area is 102 Å². The van der Waals surface area contributed by atoms with Crippen molar-refractivity contribution in [3.8, 4) is 0 Å². The third-order valence-corrected chi connectivity index (χ3v) is 3.71. The second-order valence-corrected chi connectivity index (χ2v) is 5.31. The summed E-state index contributed by atoms with van der Waals surface area (Å²) in [5.74, 6) is 1.04. The minimum Gasteiger partial charge on any atom is -0.315 e. The normalized spacial score (nSPS) is 19.9. The van der Waals surface area contributed by atoms with Crippen LogP contribution in [0.1, 0.15) is 58.8 Å². The zero-order valence-electron chi connectivity index (χ0n) is 11.2. The van der Waals surface area contributed by atoms with E-state index in [-0.39, 0.29) is 0 Å². The Morgan fingerprint density at radius 3 is 2.62 bits per heavy atom. The van der Waals surface area contributed by atoms with E-state index in [0.717, 1.165) is 19.0 Å². The molecule has 1 atom stereocenters. The minimum atomic E-state index is 0.617. The van der Waals surface area contributed by atoms with Crippen molar-refractivity contribution < 1.29 is 0 Å². The molecule has 1 fully saturated rings. The molecule has 0 heterocycles. The Balaban J connectivity index is 1.90. The molecule has 2 heteroatoms. The molecule has 0 bridgehead atoms. The monoisotopic (exact) mass is 226 g/mol. The SMILES string of the molecule is CCNCC(C)NCCCC1CCCCC1. The van der Waals surface area contributed by atoms with Gasteiger partial charge in [0.2, 0.25) is 0 Å². The van der Waals surface area contributed by atoms with Gasteiger partial charge in [0, 0.05) is 12.6 Å². The molecule has 96 valence electrons. The second-order valence-electron chi connectivity index (χ2n) is 5.31. The fourth-order valence-electron chi connectivity index (χ4n) is 2.65. The Kier molecular flexibility index (Phi) is 7.87. The maximum Gasteiger partial charge on any atom is 0.0164 e. The van der Waals surface area contributed by atoms with Crippen LogP contribution in [0.2, 0.25) is 0 Å². The predicted octanol–water partition coefficient (Wildman–Crippen LogP) is 2.93. The predicted molar refractivity (Wildman–Crippen MR) is 71.8 cm³/mol. The molecule has 0 aromatic heterocycles. The summed E-state index contributed by atoms with van der Waals surface area (Å²) in [7, 11) is 0. The van der Waals surface area contributed by atoms with E-state index < -0.39 is 0 Å². The van der Waals surface area contributed by atoms with Gasteiger partial charge in [-0.15, -0.1) is 0 Å². The molecule has 1 unspecified atom stereocenters. The van der Waals surface area contributed by atoms with Gasteiger partial charge in [0.15, 0.2) is 0 Å². The summed E-state index contributed by atoms with van der Waals surface area (Å²) in [5, 5.41) is 6.97. The molecule has 0 amide bonds. The summed E-state index contributed by atoms with van der Waals surface area (Å²) in [4.78, 5) is 0. The molecule has 2 N–H and O–H groups in total. The first-order valence-electron chi connectivity index (χ1n) is 7.27. The molecular formula is C14H30N2. The van der Waals surface area contributed by atoms with Crippen molar-refractivity contribution in [2.24, 2.45) is 5.92 Å². The number of hydrogen-bond acceptors (Lipinski definition) is 2. The van der Waals surface area contributed by atoms with Crippen LogP contribution in [0.5, 0.6) is 0 Å². The van der Waals surface area contributed by atoms with Crippen LogP contribution in [0.4, 0.5) is 0 Å². The van der Waals surface area contributed by atoms with Crippen LogP contribution in [0.15, 0.2) is 0 Å². The smallest absolute Gasteiger partial charge is 0.0164 e. The topological polar surface area (TPSA) is 24.1 Å². The maximum absolute atomic E-state index is 3.59. The van der Waals surface area contributed by atoms with Gasteiger partial charge < -0.3 is 10.6 Å². The van der Waals surface area contributed by atoms with Gasteiger partial charge in [-0.25, -0.2) is 0 Å². The fourth-order valence-corrected chi connectivity index (χ4v) is 2.65. The first kappa shape index (κ1) is 14.0. The maximum atomic E-state index is 3.59. The Hall–Kier alpha value is -0.0800. The quantitative estimate of drug-likeness (QED) is 0.622. The number of nitrogens with one attached hydrogen (secondary N) is 2. The highest BCUT2D eigenvalue weighted by atomic mass is 15.0. The average molecular weight is 226 g/mol. The Bertz CT molecular complexity index is 153. The summed E-state index contributed by atoms with van der Waals surface area (Å²) in [6.07, 6.45) is 10.2. The Morgan fingerprint density at radius 1 is 1.19 bits per heavy atom. The van der Waals surface area contributed by atoms with E-state index in [2.05, 4.69) is 24.5 Å². The van der Waals surface area contributed by atoms with Gasteiger partial charge in [0.05, 0.1) is 0 Å². The van der Waals surface area contributed by atoms with Gasteiger partial charge in [-0.2, -0.15) is 0 Å². The average Bonchev–Trinajstić information content (AvgIpc) is 2.33. The van der Waals surface area contributed by atoms with Crippen LogP contribution >= 0.6 is 0 Å². The molecule has 0 spiro atoms. The lowest BCUT2D eigenvalue weighted by molar-refractivity contribution is 0.328. The highest BCUT2D eigenvalue weighted by molar-refractivity contribution is 4.68. The lowest BCUT2D eigenvalue weighted by atomic mass is 9.86. The van der Waals surface area contributed by atoms with Crippen molar-refractivity contribution in [2.75, 3.05) is 19.6 Å². The highest BCUT2D eigenvalue weighted by Gasteiger charge is 2.12. The first-order valence-corrected chi connectivity index (χ1v) is 7.27. The van der Waals surface area contributed by atoms with Crippen LogP contribution in [0.25, 0.3) is 0 Å². The van der Waals surface area contributed by atoms with Crippen LogP contribution in [0, 0.1) is 5.92 Å². The number of rotatable bonds is 8. The third kappa shape index (κ3) is 6.49. The standard InChI is InChI=1S/C14H30N2/c1-3-15-12-13(2)16-11-7-10-14-8-5-4-6-9-14/h13-16H,3-12H2,1-2H3. The fraction of sp³-hybridized carbons (Fsp3) is 1.00. The molecule has 0 radical (unpaired) electrons. The van der Waals surface area contributed by atoms with Gasteiger partial charge in [-0.1, -0.05) is 39.0 Å². The molecule has 0 aliphatic heterocycles. The lowest BCUT2D eigenvalue weighted by Gasteiger charge is -2.22. The van der Waals surface area contributed by atoms with Crippen molar-refractivity contribution in [1.82, 2.24) is 10.6 Å². The summed E-state index contributed by atoms with van der Waals surface area (Å²) in [6, 6.07) is 0.617. The van der Waals surface area contributed by atoms with E-state index in [1.807, 2.05) is 0 Å². The highest BCUT2D eigenvalue weighted by Crippen LogP contribution is 2.26. The number of likely N-dealkylation sites (N-methyl/N-ethyl adjacent to an activating group) is 1. The van der Waals surface area contributed by atoms with Gasteiger partial charge in [0.1, 0.15) is 0 Å². The van der Waals surface area contributed by atoms with E-state index in [4.69, 9.17) is 0 Å². The number of hydrogen-bond donors (Lipinski definition) is 2. The summed E-state index contributed by atoms with van der Waals surface area (Å²) >= 11 is 0. The Morgan fingerprint density at radius 2 is 1.94 bits per heavy atom. The van der Waals surface area contributed by atoms with Gasteiger partial charge in [0.25, 0.3) is 0 Å². The van der Waals surface area contributed by atoms with E-state index >= 15 is 0 Å². The molecule has 1 saturated carbocycles. The minimum absolute atomic E-state index is 0.617. The van der Waals surface area contributed by atoms with Crippen molar-refractivity contribution in [2.45, 2.75) is 64.8 Å². The molecule has 0 saturated heterocycles. The molecule has 0 aromatic rings. The van der Waals surface area contributed by atoms with Gasteiger partial charge in [-0.05, 0) is 38.8 Å². The van der Waals surface area contributed by atoms with E-state index in [1.54, 1.807) is 0 Å². The van der Waals surface area contributed by atoms with Crippen LogP contribution in [-0.2, 0) is 0 Å². The van der Waals surface area contributed by atoms with Crippen LogP contribution in [0.3, 0.4) is 0 Å². The van der Waals surface area contributed by atoms with Gasteiger partial charge >= 0.3 is 0 Å². The van der Waals surface area contributed by atoms with Crippen LogP contribution in [-0.4, -0.2) is 25.7 Å². The molecule has 1 aliphatic carbocycles. The largest absolute Gasteiger partial charge is 0.315 e. The van der Waals surface area contributed by atoms with Crippen LogP contribution < -0.4 is 10.6 Å². The molecule has 2 nitrogen and oxygen atoms in total. The molecule has 1 rings (SSSR count). The van der Waals surface area contributed by atoms with Crippen molar-refractivity contribution in [3.05, 3.63) is 0 Å². The molecular weight excluding hydrogens is 196 g/mol. The molecule has 1 aliphatic rings. The first-order chi connectivity index (χ1) is 7.83.